The topological polar surface area (TPSA) is 63.8 Å². The molecule has 18 heavy (non-hydrogen) atoms. The molecule has 0 radical (unpaired) electrons. The Morgan fingerprint density at radius 2 is 2.28 bits per heavy atom. The molecule has 3 N–H and O–H groups in total. The van der Waals surface area contributed by atoms with Crippen molar-refractivity contribution in [2.24, 2.45) is 5.73 Å². The van der Waals surface area contributed by atoms with Crippen LogP contribution >= 0.6 is 11.3 Å². The van der Waals surface area contributed by atoms with E-state index in [4.69, 9.17) is 5.73 Å². The van der Waals surface area contributed by atoms with Gasteiger partial charge >= 0.3 is 0 Å². The van der Waals surface area contributed by atoms with Crippen LogP contribution in [0.1, 0.15) is 31.1 Å². The summed E-state index contributed by atoms with van der Waals surface area (Å²) in [6.07, 6.45) is 6.22. The lowest BCUT2D eigenvalue weighted by atomic mass is 9.77. The minimum Gasteiger partial charge on any atom is -0.363 e. The van der Waals surface area contributed by atoms with Crippen molar-refractivity contribution < 1.29 is 0 Å². The molecule has 2 aromatic rings. The lowest BCUT2D eigenvalue weighted by molar-refractivity contribution is 0.287. The molecule has 1 fully saturated rings. The highest BCUT2D eigenvalue weighted by Gasteiger charge is 2.36. The van der Waals surface area contributed by atoms with Crippen LogP contribution in [0.5, 0.6) is 0 Å². The summed E-state index contributed by atoms with van der Waals surface area (Å²) in [5, 5.41) is 4.69. The second-order valence-corrected chi connectivity index (χ2v) is 6.09. The van der Waals surface area contributed by atoms with Gasteiger partial charge in [0.05, 0.1) is 10.9 Å². The molecule has 0 saturated heterocycles. The van der Waals surface area contributed by atoms with E-state index in [2.05, 4.69) is 28.3 Å². The summed E-state index contributed by atoms with van der Waals surface area (Å²) < 4.78 is 0. The van der Waals surface area contributed by atoms with Gasteiger partial charge in [-0.1, -0.05) is 6.92 Å². The van der Waals surface area contributed by atoms with Gasteiger partial charge in [-0.3, -0.25) is 0 Å². The van der Waals surface area contributed by atoms with Crippen LogP contribution in [0.15, 0.2) is 12.4 Å². The Morgan fingerprint density at radius 1 is 1.44 bits per heavy atom. The van der Waals surface area contributed by atoms with E-state index in [1.54, 1.807) is 17.7 Å². The number of rotatable bonds is 4. The fourth-order valence-corrected chi connectivity index (χ4v) is 3.35. The van der Waals surface area contributed by atoms with Crippen LogP contribution < -0.4 is 11.1 Å². The van der Waals surface area contributed by atoms with Gasteiger partial charge in [0.25, 0.3) is 0 Å². The summed E-state index contributed by atoms with van der Waals surface area (Å²) in [5.41, 5.74) is 5.95. The second-order valence-electron chi connectivity index (χ2n) is 4.97. The second kappa shape index (κ2) is 4.48. The molecule has 1 aliphatic carbocycles. The molecule has 0 unspecified atom stereocenters. The van der Waals surface area contributed by atoms with Crippen LogP contribution in [0.3, 0.4) is 0 Å². The Labute approximate surface area is 111 Å². The maximum atomic E-state index is 5.89. The molecule has 3 rings (SSSR count). The maximum absolute atomic E-state index is 5.89. The zero-order valence-electron chi connectivity index (χ0n) is 10.6. The number of hydrogen-bond acceptors (Lipinski definition) is 5. The smallest absolute Gasteiger partial charge is 0.138 e. The molecular formula is C13H18N4S. The summed E-state index contributed by atoms with van der Waals surface area (Å²) in [4.78, 5) is 11.2. The Hall–Kier alpha value is -1.20. The van der Waals surface area contributed by atoms with E-state index in [9.17, 15) is 0 Å². The quantitative estimate of drug-likeness (QED) is 0.888. The zero-order valence-corrected chi connectivity index (χ0v) is 11.4. The monoisotopic (exact) mass is 262 g/mol. The average molecular weight is 262 g/mol. The number of aromatic nitrogens is 2. The van der Waals surface area contributed by atoms with E-state index < -0.39 is 0 Å². The molecule has 2 heterocycles. The minimum atomic E-state index is 0.0651. The van der Waals surface area contributed by atoms with Crippen LogP contribution in [0, 0.1) is 0 Å². The lowest BCUT2D eigenvalue weighted by Crippen LogP contribution is -2.51. The van der Waals surface area contributed by atoms with E-state index in [1.807, 2.05) is 0 Å². The molecule has 1 aliphatic rings. The van der Waals surface area contributed by atoms with Crippen molar-refractivity contribution in [2.45, 2.75) is 38.1 Å². The Balaban J connectivity index is 1.98. The van der Waals surface area contributed by atoms with Crippen molar-refractivity contribution in [3.8, 4) is 0 Å². The van der Waals surface area contributed by atoms with Crippen LogP contribution in [-0.4, -0.2) is 22.1 Å². The summed E-state index contributed by atoms with van der Waals surface area (Å²) >= 11 is 1.75. The number of aryl methyl sites for hydroxylation is 1. The first kappa shape index (κ1) is 11.9. The third-order valence-electron chi connectivity index (χ3n) is 3.81. The lowest BCUT2D eigenvalue weighted by Gasteiger charge is -2.42. The molecule has 5 heteroatoms. The van der Waals surface area contributed by atoms with Crippen molar-refractivity contribution in [1.82, 2.24) is 9.97 Å². The first-order valence-electron chi connectivity index (χ1n) is 6.48. The normalized spacial score (nSPS) is 17.7. The summed E-state index contributed by atoms with van der Waals surface area (Å²) in [6, 6.07) is 2.20. The SMILES string of the molecule is CCc1cc2c(NC3(CN)CCC3)ncnc2s1. The average Bonchev–Trinajstić information content (AvgIpc) is 2.77. The third-order valence-corrected chi connectivity index (χ3v) is 5.00. The van der Waals surface area contributed by atoms with Gasteiger partial charge in [-0.15, -0.1) is 11.3 Å². The minimum absolute atomic E-state index is 0.0651. The van der Waals surface area contributed by atoms with Crippen molar-refractivity contribution in [3.05, 3.63) is 17.3 Å². The van der Waals surface area contributed by atoms with Gasteiger partial charge in [0.1, 0.15) is 17.0 Å². The first-order valence-corrected chi connectivity index (χ1v) is 7.30. The maximum Gasteiger partial charge on any atom is 0.138 e. The highest BCUT2D eigenvalue weighted by Crippen LogP contribution is 2.36. The first-order chi connectivity index (χ1) is 8.76. The standard InChI is InChI=1S/C13H18N4S/c1-2-9-6-10-11(15-8-16-12(10)18-9)17-13(7-14)4-3-5-13/h6,8H,2-5,7,14H2,1H3,(H,15,16,17). The summed E-state index contributed by atoms with van der Waals surface area (Å²) in [7, 11) is 0. The fourth-order valence-electron chi connectivity index (χ4n) is 2.41. The van der Waals surface area contributed by atoms with Crippen molar-refractivity contribution in [1.29, 1.82) is 0 Å². The summed E-state index contributed by atoms with van der Waals surface area (Å²) in [5.74, 6) is 0.945. The molecule has 96 valence electrons. The molecule has 0 spiro atoms. The molecule has 1 saturated carbocycles. The van der Waals surface area contributed by atoms with E-state index in [0.29, 0.717) is 6.54 Å². The van der Waals surface area contributed by atoms with Crippen LogP contribution in [0.25, 0.3) is 10.2 Å². The van der Waals surface area contributed by atoms with E-state index in [0.717, 1.165) is 35.3 Å². The Bertz CT molecular complexity index is 554. The van der Waals surface area contributed by atoms with Crippen molar-refractivity contribution in [3.63, 3.8) is 0 Å². The largest absolute Gasteiger partial charge is 0.363 e. The fraction of sp³-hybridized carbons (Fsp3) is 0.538. The molecule has 2 aromatic heterocycles. The molecule has 0 atom stereocenters. The molecule has 0 aliphatic heterocycles. The van der Waals surface area contributed by atoms with Crippen molar-refractivity contribution in [2.75, 3.05) is 11.9 Å². The van der Waals surface area contributed by atoms with Crippen LogP contribution in [-0.2, 0) is 6.42 Å². The van der Waals surface area contributed by atoms with E-state index in [1.165, 1.54) is 11.3 Å². The van der Waals surface area contributed by atoms with Crippen molar-refractivity contribution >= 4 is 27.4 Å². The predicted molar refractivity (Wildman–Crippen MR) is 76.1 cm³/mol. The molecular weight excluding hydrogens is 244 g/mol. The molecule has 0 bridgehead atoms. The highest BCUT2D eigenvalue weighted by molar-refractivity contribution is 7.18. The Morgan fingerprint density at radius 3 is 2.89 bits per heavy atom. The highest BCUT2D eigenvalue weighted by atomic mass is 32.1. The molecule has 4 nitrogen and oxygen atoms in total. The van der Waals surface area contributed by atoms with E-state index in [-0.39, 0.29) is 5.54 Å². The van der Waals surface area contributed by atoms with Gasteiger partial charge in [-0.05, 0) is 31.7 Å². The number of anilines is 1. The van der Waals surface area contributed by atoms with Gasteiger partial charge in [0, 0.05) is 11.4 Å². The van der Waals surface area contributed by atoms with Gasteiger partial charge in [0.2, 0.25) is 0 Å². The van der Waals surface area contributed by atoms with E-state index >= 15 is 0 Å². The zero-order chi connectivity index (χ0) is 12.6. The number of nitrogens with two attached hydrogens (primary N) is 1. The number of nitrogens with one attached hydrogen (secondary N) is 1. The van der Waals surface area contributed by atoms with Gasteiger partial charge in [-0.2, -0.15) is 0 Å². The Kier molecular flexibility index (Phi) is 2.95. The molecule has 0 amide bonds. The third kappa shape index (κ3) is 1.87. The van der Waals surface area contributed by atoms with Gasteiger partial charge in [0.15, 0.2) is 0 Å². The van der Waals surface area contributed by atoms with Crippen LogP contribution in [0.2, 0.25) is 0 Å². The van der Waals surface area contributed by atoms with Crippen LogP contribution in [0.4, 0.5) is 5.82 Å². The number of nitrogens with zero attached hydrogens (tertiary/aromatic N) is 2. The number of fused-ring (bicyclic) bond motifs is 1. The predicted octanol–water partition coefficient (Wildman–Crippen LogP) is 2.55. The van der Waals surface area contributed by atoms with Gasteiger partial charge < -0.3 is 11.1 Å². The summed E-state index contributed by atoms with van der Waals surface area (Å²) in [6.45, 7) is 2.84. The number of thiophene rings is 1. The van der Waals surface area contributed by atoms with Gasteiger partial charge in [-0.25, -0.2) is 9.97 Å². The molecule has 0 aromatic carbocycles. The number of hydrogen-bond donors (Lipinski definition) is 2.